The molecule has 0 aromatic rings. The first kappa shape index (κ1) is 8.11. The quantitative estimate of drug-likeness (QED) is 0.616. The lowest BCUT2D eigenvalue weighted by Crippen LogP contribution is -2.09. The molecule has 62 valence electrons. The van der Waals surface area contributed by atoms with E-state index in [4.69, 9.17) is 5.11 Å². The molecule has 0 bridgehead atoms. The van der Waals surface area contributed by atoms with Gasteiger partial charge in [-0.25, -0.2) is 4.79 Å². The summed E-state index contributed by atoms with van der Waals surface area (Å²) < 4.78 is 0. The summed E-state index contributed by atoms with van der Waals surface area (Å²) in [6.45, 7) is 0. The van der Waals surface area contributed by atoms with Crippen molar-refractivity contribution in [1.82, 2.24) is 4.90 Å². The molecule has 11 heavy (non-hydrogen) atoms. The lowest BCUT2D eigenvalue weighted by atomic mass is 10.2. The van der Waals surface area contributed by atoms with Crippen molar-refractivity contribution >= 4 is 5.97 Å². The first-order chi connectivity index (χ1) is 5.11. The van der Waals surface area contributed by atoms with Crippen LogP contribution in [0.5, 0.6) is 0 Å². The van der Waals surface area contributed by atoms with E-state index in [2.05, 4.69) is 0 Å². The van der Waals surface area contributed by atoms with Gasteiger partial charge in [-0.1, -0.05) is 0 Å². The number of nitrogens with zero attached hydrogens (tertiary/aromatic N) is 1. The van der Waals surface area contributed by atoms with Crippen LogP contribution in [0.1, 0.15) is 12.8 Å². The Morgan fingerprint density at radius 2 is 2.09 bits per heavy atom. The van der Waals surface area contributed by atoms with Crippen LogP contribution in [-0.2, 0) is 4.79 Å². The number of carboxylic acids is 1. The molecule has 0 aromatic heterocycles. The van der Waals surface area contributed by atoms with Crippen molar-refractivity contribution in [1.29, 1.82) is 0 Å². The second-order valence-corrected chi connectivity index (χ2v) is 3.13. The van der Waals surface area contributed by atoms with Gasteiger partial charge >= 0.3 is 5.97 Å². The largest absolute Gasteiger partial charge is 0.478 e. The van der Waals surface area contributed by atoms with Crippen molar-refractivity contribution in [3.05, 3.63) is 11.8 Å². The van der Waals surface area contributed by atoms with Gasteiger partial charge in [-0.2, -0.15) is 0 Å². The number of hydrogen-bond acceptors (Lipinski definition) is 2. The summed E-state index contributed by atoms with van der Waals surface area (Å²) in [6, 6.07) is 0. The van der Waals surface area contributed by atoms with E-state index >= 15 is 0 Å². The van der Waals surface area contributed by atoms with Crippen LogP contribution < -0.4 is 0 Å². The Labute approximate surface area is 66.3 Å². The molecule has 0 aliphatic heterocycles. The van der Waals surface area contributed by atoms with Crippen molar-refractivity contribution in [3.63, 3.8) is 0 Å². The van der Waals surface area contributed by atoms with Crippen LogP contribution in [0.3, 0.4) is 0 Å². The highest BCUT2D eigenvalue weighted by Crippen LogP contribution is 2.36. The summed E-state index contributed by atoms with van der Waals surface area (Å²) in [6.07, 6.45) is 3.76. The highest BCUT2D eigenvalue weighted by Gasteiger charge is 2.30. The molecule has 0 unspecified atom stereocenters. The maximum atomic E-state index is 10.6. The van der Waals surface area contributed by atoms with E-state index in [1.807, 2.05) is 14.1 Å². The van der Waals surface area contributed by atoms with Crippen LogP contribution in [0.15, 0.2) is 11.8 Å². The minimum Gasteiger partial charge on any atom is -0.478 e. The Hall–Kier alpha value is -0.990. The molecular formula is C8H13NO2. The molecule has 0 amide bonds. The summed E-state index contributed by atoms with van der Waals surface area (Å²) >= 11 is 0. The number of aliphatic carboxylic acids is 1. The second-order valence-electron chi connectivity index (χ2n) is 3.13. The topological polar surface area (TPSA) is 40.5 Å². The van der Waals surface area contributed by atoms with E-state index in [1.54, 1.807) is 11.1 Å². The predicted molar refractivity (Wildman–Crippen MR) is 42.1 cm³/mol. The molecule has 1 aliphatic carbocycles. The number of carboxylic acid groups (broad SMARTS) is 1. The molecule has 0 aromatic carbocycles. The van der Waals surface area contributed by atoms with Crippen molar-refractivity contribution in [2.24, 2.45) is 5.92 Å². The van der Waals surface area contributed by atoms with Crippen molar-refractivity contribution < 1.29 is 9.90 Å². The number of carbonyl (C=O) groups is 1. The maximum absolute atomic E-state index is 10.6. The third kappa shape index (κ3) is 2.26. The van der Waals surface area contributed by atoms with Gasteiger partial charge < -0.3 is 10.0 Å². The Bertz CT molecular complexity index is 192. The fourth-order valence-corrected chi connectivity index (χ4v) is 1.01. The van der Waals surface area contributed by atoms with Crippen LogP contribution in [0.25, 0.3) is 0 Å². The van der Waals surface area contributed by atoms with Gasteiger partial charge in [0.05, 0.1) is 5.57 Å². The molecule has 1 N–H and O–H groups in total. The smallest absolute Gasteiger partial charge is 0.333 e. The average Bonchev–Trinajstić information content (AvgIpc) is 2.63. The van der Waals surface area contributed by atoms with Gasteiger partial charge in [-0.15, -0.1) is 0 Å². The first-order valence-corrected chi connectivity index (χ1v) is 3.72. The predicted octanol–water partition coefficient (Wildman–Crippen LogP) is 0.927. The number of rotatable bonds is 3. The summed E-state index contributed by atoms with van der Waals surface area (Å²) in [5.74, 6) is -0.462. The zero-order chi connectivity index (χ0) is 8.43. The third-order valence-electron chi connectivity index (χ3n) is 1.66. The fraction of sp³-hybridized carbons (Fsp3) is 0.625. The molecule has 1 rings (SSSR count). The SMILES string of the molecule is CN(C)/C=C(/C(=O)O)C1CC1. The third-order valence-corrected chi connectivity index (χ3v) is 1.66. The molecule has 0 atom stereocenters. The zero-order valence-electron chi connectivity index (χ0n) is 6.87. The monoisotopic (exact) mass is 155 g/mol. The van der Waals surface area contributed by atoms with Crippen molar-refractivity contribution in [2.45, 2.75) is 12.8 Å². The minimum atomic E-state index is -0.777. The van der Waals surface area contributed by atoms with Crippen LogP contribution in [-0.4, -0.2) is 30.1 Å². The molecule has 1 aliphatic rings. The van der Waals surface area contributed by atoms with Gasteiger partial charge in [0.25, 0.3) is 0 Å². The summed E-state index contributed by atoms with van der Waals surface area (Å²) in [7, 11) is 3.68. The number of hydrogen-bond donors (Lipinski definition) is 1. The summed E-state index contributed by atoms with van der Waals surface area (Å²) in [5, 5.41) is 8.74. The first-order valence-electron chi connectivity index (χ1n) is 3.72. The Balaban J connectivity index is 2.65. The summed E-state index contributed by atoms with van der Waals surface area (Å²) in [4.78, 5) is 12.4. The Morgan fingerprint density at radius 1 is 1.55 bits per heavy atom. The van der Waals surface area contributed by atoms with Gasteiger partial charge in [-0.05, 0) is 18.8 Å². The highest BCUT2D eigenvalue weighted by molar-refractivity contribution is 5.87. The van der Waals surface area contributed by atoms with Crippen LogP contribution in [0.2, 0.25) is 0 Å². The van der Waals surface area contributed by atoms with E-state index in [1.165, 1.54) is 0 Å². The highest BCUT2D eigenvalue weighted by atomic mass is 16.4. The van der Waals surface area contributed by atoms with E-state index in [9.17, 15) is 4.79 Å². The van der Waals surface area contributed by atoms with Gasteiger partial charge in [0.1, 0.15) is 0 Å². The van der Waals surface area contributed by atoms with E-state index < -0.39 is 5.97 Å². The molecule has 0 spiro atoms. The van der Waals surface area contributed by atoms with Crippen molar-refractivity contribution in [3.8, 4) is 0 Å². The van der Waals surface area contributed by atoms with Gasteiger partial charge in [0.2, 0.25) is 0 Å². The average molecular weight is 155 g/mol. The molecule has 0 radical (unpaired) electrons. The fourth-order valence-electron chi connectivity index (χ4n) is 1.01. The molecule has 3 nitrogen and oxygen atoms in total. The Kier molecular flexibility index (Phi) is 2.17. The van der Waals surface area contributed by atoms with Crippen molar-refractivity contribution in [2.75, 3.05) is 14.1 Å². The van der Waals surface area contributed by atoms with Gasteiger partial charge in [0.15, 0.2) is 0 Å². The normalized spacial score (nSPS) is 18.2. The molecule has 0 saturated heterocycles. The van der Waals surface area contributed by atoms with Crippen LogP contribution in [0.4, 0.5) is 0 Å². The summed E-state index contributed by atoms with van der Waals surface area (Å²) in [5.41, 5.74) is 0.551. The molecular weight excluding hydrogens is 142 g/mol. The van der Waals surface area contributed by atoms with E-state index in [-0.39, 0.29) is 0 Å². The van der Waals surface area contributed by atoms with Crippen LogP contribution in [0, 0.1) is 5.92 Å². The maximum Gasteiger partial charge on any atom is 0.333 e. The van der Waals surface area contributed by atoms with Gasteiger partial charge in [0, 0.05) is 20.3 Å². The molecule has 0 heterocycles. The molecule has 1 saturated carbocycles. The molecule has 1 fully saturated rings. The lowest BCUT2D eigenvalue weighted by Gasteiger charge is -2.06. The van der Waals surface area contributed by atoms with Crippen LogP contribution >= 0.6 is 0 Å². The molecule has 3 heteroatoms. The van der Waals surface area contributed by atoms with Gasteiger partial charge in [-0.3, -0.25) is 0 Å². The van der Waals surface area contributed by atoms with E-state index in [0.29, 0.717) is 11.5 Å². The second kappa shape index (κ2) is 2.95. The standard InChI is InChI=1S/C8H13NO2/c1-9(2)5-7(8(10)11)6-3-4-6/h5-6H,3-4H2,1-2H3,(H,10,11)/b7-5+. The van der Waals surface area contributed by atoms with E-state index in [0.717, 1.165) is 12.8 Å². The lowest BCUT2D eigenvalue weighted by molar-refractivity contribution is -0.133. The minimum absolute atomic E-state index is 0.315. The zero-order valence-corrected chi connectivity index (χ0v) is 6.87. The Morgan fingerprint density at radius 3 is 2.36 bits per heavy atom.